The van der Waals surface area contributed by atoms with Crippen LogP contribution in [0.3, 0.4) is 0 Å². The van der Waals surface area contributed by atoms with E-state index in [4.69, 9.17) is 5.11 Å². The number of phenols is 2. The van der Waals surface area contributed by atoms with Crippen LogP contribution in [0.1, 0.15) is 16.1 Å². The van der Waals surface area contributed by atoms with Gasteiger partial charge in [-0.1, -0.05) is 4.68 Å². The molecule has 1 heterocycles. The number of hydrogen-bond acceptors (Lipinski definition) is 5. The minimum absolute atomic E-state index is 0.0956. The molecule has 8 nitrogen and oxygen atoms in total. The van der Waals surface area contributed by atoms with E-state index in [9.17, 15) is 25.1 Å². The largest absolute Gasteiger partial charge is 0.507 e. The maximum Gasteiger partial charge on any atom is 0.343 e. The molecule has 1 aromatic heterocycles. The first-order valence-corrected chi connectivity index (χ1v) is 5.45. The fourth-order valence-electron chi connectivity index (χ4n) is 1.97. The van der Waals surface area contributed by atoms with E-state index in [1.54, 1.807) is 0 Å². The van der Waals surface area contributed by atoms with E-state index in [-0.39, 0.29) is 11.3 Å². The van der Waals surface area contributed by atoms with Crippen molar-refractivity contribution in [2.24, 2.45) is 0 Å². The van der Waals surface area contributed by atoms with Gasteiger partial charge in [-0.2, -0.15) is 0 Å². The van der Waals surface area contributed by atoms with Crippen molar-refractivity contribution in [3.05, 3.63) is 45.8 Å². The number of rotatable bonds is 3. The molecule has 0 aliphatic rings. The zero-order valence-corrected chi connectivity index (χ0v) is 10.3. The molecule has 0 aliphatic heterocycles. The fraction of sp³-hybridized carbons (Fsp3) is 0.0833. The molecule has 0 atom stereocenters. The van der Waals surface area contributed by atoms with E-state index in [0.717, 1.165) is 10.7 Å². The number of benzene rings is 1. The van der Waals surface area contributed by atoms with Crippen molar-refractivity contribution in [3.8, 4) is 22.6 Å². The lowest BCUT2D eigenvalue weighted by atomic mass is 10.0. The third-order valence-electron chi connectivity index (χ3n) is 2.95. The number of carbonyl (C=O) groups is 1. The summed E-state index contributed by atoms with van der Waals surface area (Å²) in [5.41, 5.74) is -0.0110. The van der Waals surface area contributed by atoms with Crippen molar-refractivity contribution in [1.82, 2.24) is 4.68 Å². The summed E-state index contributed by atoms with van der Waals surface area (Å²) in [5.74, 6) is -2.71. The van der Waals surface area contributed by atoms with E-state index < -0.39 is 28.1 Å². The topological polar surface area (TPSA) is 126 Å². The van der Waals surface area contributed by atoms with Gasteiger partial charge in [0.25, 0.3) is 0 Å². The SMILES string of the molecule is Cc1c(-c2ccc(O)c(C(=O)O)c2O)ccn1[N+](=O)[O-]. The number of carboxylic acids is 1. The Morgan fingerprint density at radius 1 is 1.25 bits per heavy atom. The Hall–Kier alpha value is -3.03. The molecule has 3 N–H and O–H groups in total. The van der Waals surface area contributed by atoms with Crippen LogP contribution in [0.15, 0.2) is 24.4 Å². The molecule has 0 unspecified atom stereocenters. The van der Waals surface area contributed by atoms with Crippen LogP contribution in [0, 0.1) is 17.0 Å². The molecule has 0 spiro atoms. The molecule has 20 heavy (non-hydrogen) atoms. The average Bonchev–Trinajstić information content (AvgIpc) is 2.71. The van der Waals surface area contributed by atoms with Gasteiger partial charge >= 0.3 is 5.97 Å². The summed E-state index contributed by atoms with van der Waals surface area (Å²) in [5, 5.41) is 38.4. The second kappa shape index (κ2) is 4.57. The van der Waals surface area contributed by atoms with E-state index in [1.807, 2.05) is 0 Å². The molecule has 1 aromatic carbocycles. The Morgan fingerprint density at radius 2 is 1.90 bits per heavy atom. The summed E-state index contributed by atoms with van der Waals surface area (Å²) >= 11 is 0. The van der Waals surface area contributed by atoms with Gasteiger partial charge in [0.15, 0.2) is 5.03 Å². The molecular formula is C12H10N2O6. The van der Waals surface area contributed by atoms with Crippen LogP contribution < -0.4 is 0 Å². The molecule has 2 rings (SSSR count). The predicted octanol–water partition coefficient (Wildman–Crippen LogP) is 1.61. The van der Waals surface area contributed by atoms with Crippen LogP contribution in [0.2, 0.25) is 0 Å². The lowest BCUT2D eigenvalue weighted by Crippen LogP contribution is -2.08. The number of nitro groups is 1. The van der Waals surface area contributed by atoms with Crippen molar-refractivity contribution >= 4 is 5.97 Å². The lowest BCUT2D eigenvalue weighted by Gasteiger charge is -2.08. The lowest BCUT2D eigenvalue weighted by molar-refractivity contribution is -0.543. The summed E-state index contributed by atoms with van der Waals surface area (Å²) < 4.78 is 0.752. The predicted molar refractivity (Wildman–Crippen MR) is 67.3 cm³/mol. The first-order valence-electron chi connectivity index (χ1n) is 5.45. The molecule has 104 valence electrons. The smallest absolute Gasteiger partial charge is 0.343 e. The molecule has 0 fully saturated rings. The monoisotopic (exact) mass is 278 g/mol. The van der Waals surface area contributed by atoms with Gasteiger partial charge in [-0.15, -0.1) is 0 Å². The van der Waals surface area contributed by atoms with E-state index >= 15 is 0 Å². The van der Waals surface area contributed by atoms with Crippen molar-refractivity contribution in [1.29, 1.82) is 0 Å². The highest BCUT2D eigenvalue weighted by Gasteiger charge is 2.22. The van der Waals surface area contributed by atoms with Gasteiger partial charge in [-0.25, -0.2) is 14.9 Å². The molecule has 0 bridgehead atoms. The first kappa shape index (κ1) is 13.4. The molecule has 0 saturated heterocycles. The zero-order chi connectivity index (χ0) is 15.0. The van der Waals surface area contributed by atoms with E-state index in [1.165, 1.54) is 25.3 Å². The summed E-state index contributed by atoms with van der Waals surface area (Å²) in [7, 11) is 0. The number of nitrogens with zero attached hydrogens (tertiary/aromatic N) is 2. The summed E-state index contributed by atoms with van der Waals surface area (Å²) in [6.45, 7) is 1.46. The summed E-state index contributed by atoms with van der Waals surface area (Å²) in [6, 6.07) is 3.79. The van der Waals surface area contributed by atoms with Crippen LogP contribution in [-0.4, -0.2) is 31.0 Å². The second-order valence-electron chi connectivity index (χ2n) is 4.06. The zero-order valence-electron chi connectivity index (χ0n) is 10.3. The van der Waals surface area contributed by atoms with Crippen LogP contribution in [0.25, 0.3) is 11.1 Å². The molecule has 2 aromatic rings. The Bertz CT molecular complexity index is 719. The molecule has 8 heteroatoms. The molecular weight excluding hydrogens is 268 g/mol. The van der Waals surface area contributed by atoms with Crippen LogP contribution in [-0.2, 0) is 0 Å². The van der Waals surface area contributed by atoms with Crippen molar-refractivity contribution in [2.75, 3.05) is 0 Å². The Labute approximate surface area is 112 Å². The van der Waals surface area contributed by atoms with Crippen molar-refractivity contribution in [3.63, 3.8) is 0 Å². The minimum Gasteiger partial charge on any atom is -0.507 e. The first-order chi connectivity index (χ1) is 9.34. The third kappa shape index (κ3) is 1.92. The fourth-order valence-corrected chi connectivity index (χ4v) is 1.97. The number of hydrogen-bond donors (Lipinski definition) is 3. The van der Waals surface area contributed by atoms with Gasteiger partial charge < -0.3 is 15.3 Å². The normalized spacial score (nSPS) is 10.4. The van der Waals surface area contributed by atoms with Gasteiger partial charge in [0.2, 0.25) is 0 Å². The maximum atomic E-state index is 11.0. The average molecular weight is 278 g/mol. The highest BCUT2D eigenvalue weighted by Crippen LogP contribution is 2.38. The van der Waals surface area contributed by atoms with Crippen molar-refractivity contribution in [2.45, 2.75) is 6.92 Å². The molecule has 0 saturated carbocycles. The van der Waals surface area contributed by atoms with E-state index in [0.29, 0.717) is 5.56 Å². The minimum atomic E-state index is -1.49. The summed E-state index contributed by atoms with van der Waals surface area (Å²) in [6.07, 6.45) is 1.19. The van der Waals surface area contributed by atoms with Crippen LogP contribution in [0.4, 0.5) is 0 Å². The number of carboxylic acid groups (broad SMARTS) is 1. The van der Waals surface area contributed by atoms with Gasteiger partial charge in [0.1, 0.15) is 17.1 Å². The molecule has 0 aliphatic carbocycles. The van der Waals surface area contributed by atoms with E-state index in [2.05, 4.69) is 0 Å². The quantitative estimate of drug-likeness (QED) is 0.578. The van der Waals surface area contributed by atoms with Crippen LogP contribution >= 0.6 is 0 Å². The highest BCUT2D eigenvalue weighted by molar-refractivity contribution is 5.97. The number of aromatic hydroxyl groups is 2. The van der Waals surface area contributed by atoms with Crippen molar-refractivity contribution < 1.29 is 25.1 Å². The van der Waals surface area contributed by atoms with Gasteiger partial charge in [-0.3, -0.25) is 0 Å². The van der Waals surface area contributed by atoms with Gasteiger partial charge in [0.05, 0.1) is 11.9 Å². The Balaban J connectivity index is 2.68. The molecule has 0 radical (unpaired) electrons. The van der Waals surface area contributed by atoms with Gasteiger partial charge in [-0.05, 0) is 25.1 Å². The third-order valence-corrected chi connectivity index (χ3v) is 2.95. The maximum absolute atomic E-state index is 11.0. The van der Waals surface area contributed by atoms with Crippen LogP contribution in [0.5, 0.6) is 11.5 Å². The standard InChI is InChI=1S/C12H10N2O6/c1-6-7(4-5-13(6)14(19)20)8-2-3-9(15)10(11(8)16)12(17)18/h2-5,15-16H,1H3,(H,17,18). The Kier molecular flexibility index (Phi) is 3.07. The number of aromatic carboxylic acids is 1. The molecule has 0 amide bonds. The van der Waals surface area contributed by atoms with Gasteiger partial charge in [0, 0.05) is 11.1 Å². The Morgan fingerprint density at radius 3 is 2.40 bits per heavy atom. The highest BCUT2D eigenvalue weighted by atomic mass is 16.7. The number of aromatic nitrogens is 1. The second-order valence-corrected chi connectivity index (χ2v) is 4.06. The summed E-state index contributed by atoms with van der Waals surface area (Å²) in [4.78, 5) is 21.7.